The Labute approximate surface area is 104 Å². The van der Waals surface area contributed by atoms with Gasteiger partial charge in [-0.05, 0) is 24.6 Å². The quantitative estimate of drug-likeness (QED) is 0.744. The topological polar surface area (TPSA) is 89.9 Å². The number of nitrogens with one attached hydrogen (secondary N) is 1. The average molecular weight is 250 g/mol. The summed E-state index contributed by atoms with van der Waals surface area (Å²) < 4.78 is 0. The molecule has 1 aliphatic rings. The minimum absolute atomic E-state index is 0.0822. The Morgan fingerprint density at radius 3 is 2.78 bits per heavy atom. The van der Waals surface area contributed by atoms with Crippen LogP contribution in [0.1, 0.15) is 16.8 Å². The second kappa shape index (κ2) is 4.95. The van der Waals surface area contributed by atoms with Gasteiger partial charge in [0.25, 0.3) is 0 Å². The fourth-order valence-electron chi connectivity index (χ4n) is 2.03. The smallest absolute Gasteiger partial charge is 0.335 e. The molecule has 0 aromatic heterocycles. The van der Waals surface area contributed by atoms with E-state index in [0.717, 1.165) is 12.1 Å². The van der Waals surface area contributed by atoms with Crippen LogP contribution in [-0.2, 0) is 4.79 Å². The molecule has 0 saturated carbocycles. The number of carbonyl (C=O) groups is 2. The van der Waals surface area contributed by atoms with Gasteiger partial charge in [0.1, 0.15) is 6.54 Å². The molecule has 1 aliphatic heterocycles. The lowest BCUT2D eigenvalue weighted by Crippen LogP contribution is -2.30. The number of anilines is 2. The summed E-state index contributed by atoms with van der Waals surface area (Å²) >= 11 is 0. The first-order valence-electron chi connectivity index (χ1n) is 5.66. The van der Waals surface area contributed by atoms with Crippen LogP contribution in [0.25, 0.3) is 0 Å². The van der Waals surface area contributed by atoms with Gasteiger partial charge in [-0.15, -0.1) is 0 Å². The second-order valence-corrected chi connectivity index (χ2v) is 4.13. The molecule has 0 bridgehead atoms. The molecular formula is C12H14N2O4. The first kappa shape index (κ1) is 12.2. The van der Waals surface area contributed by atoms with Crippen molar-refractivity contribution >= 4 is 23.3 Å². The maximum atomic E-state index is 10.9. The first-order chi connectivity index (χ1) is 8.58. The van der Waals surface area contributed by atoms with E-state index >= 15 is 0 Å². The highest BCUT2D eigenvalue weighted by molar-refractivity contribution is 5.91. The lowest BCUT2D eigenvalue weighted by atomic mass is 10.1. The molecule has 6 heteroatoms. The van der Waals surface area contributed by atoms with Gasteiger partial charge in [-0.1, -0.05) is 0 Å². The van der Waals surface area contributed by atoms with Gasteiger partial charge >= 0.3 is 11.9 Å². The molecule has 0 radical (unpaired) electrons. The molecule has 0 unspecified atom stereocenters. The molecule has 2 rings (SSSR count). The van der Waals surface area contributed by atoms with Crippen LogP contribution < -0.4 is 10.2 Å². The molecule has 0 amide bonds. The van der Waals surface area contributed by atoms with Gasteiger partial charge in [0.2, 0.25) is 0 Å². The van der Waals surface area contributed by atoms with E-state index in [1.54, 1.807) is 11.0 Å². The van der Waals surface area contributed by atoms with Gasteiger partial charge in [0, 0.05) is 13.1 Å². The summed E-state index contributed by atoms with van der Waals surface area (Å²) in [6.07, 6.45) is 0.810. The zero-order chi connectivity index (χ0) is 13.1. The lowest BCUT2D eigenvalue weighted by Gasteiger charge is -2.22. The van der Waals surface area contributed by atoms with Gasteiger partial charge in [-0.3, -0.25) is 4.79 Å². The Balaban J connectivity index is 2.36. The summed E-state index contributed by atoms with van der Waals surface area (Å²) in [6.45, 7) is 1.26. The van der Waals surface area contributed by atoms with E-state index in [0.29, 0.717) is 18.8 Å². The number of aromatic carboxylic acids is 1. The lowest BCUT2D eigenvalue weighted by molar-refractivity contribution is -0.135. The van der Waals surface area contributed by atoms with Crippen LogP contribution in [0.3, 0.4) is 0 Å². The van der Waals surface area contributed by atoms with E-state index in [9.17, 15) is 9.59 Å². The normalized spacial score (nSPS) is 14.3. The molecule has 1 aromatic rings. The van der Waals surface area contributed by atoms with E-state index in [1.165, 1.54) is 12.1 Å². The van der Waals surface area contributed by atoms with E-state index in [4.69, 9.17) is 10.2 Å². The van der Waals surface area contributed by atoms with Crippen molar-refractivity contribution in [3.8, 4) is 0 Å². The van der Waals surface area contributed by atoms with Crippen molar-refractivity contribution in [2.75, 3.05) is 29.9 Å². The van der Waals surface area contributed by atoms with Crippen LogP contribution in [0.2, 0.25) is 0 Å². The van der Waals surface area contributed by atoms with Crippen LogP contribution in [0.15, 0.2) is 18.2 Å². The average Bonchev–Trinajstić information content (AvgIpc) is 2.50. The monoisotopic (exact) mass is 250 g/mol. The Morgan fingerprint density at radius 1 is 1.33 bits per heavy atom. The highest BCUT2D eigenvalue weighted by atomic mass is 16.4. The summed E-state index contributed by atoms with van der Waals surface area (Å²) in [4.78, 5) is 23.4. The predicted molar refractivity (Wildman–Crippen MR) is 66.4 cm³/mol. The summed E-state index contributed by atoms with van der Waals surface area (Å²) in [5.41, 5.74) is 1.60. The van der Waals surface area contributed by atoms with Crippen LogP contribution in [0.4, 0.5) is 11.4 Å². The van der Waals surface area contributed by atoms with Crippen LogP contribution >= 0.6 is 0 Å². The third-order valence-electron chi connectivity index (χ3n) is 2.83. The molecule has 18 heavy (non-hydrogen) atoms. The molecule has 0 saturated heterocycles. The number of hydrogen-bond acceptors (Lipinski definition) is 4. The van der Waals surface area contributed by atoms with E-state index < -0.39 is 11.9 Å². The number of benzene rings is 1. The van der Waals surface area contributed by atoms with Gasteiger partial charge < -0.3 is 20.4 Å². The Bertz CT molecular complexity index is 487. The zero-order valence-electron chi connectivity index (χ0n) is 9.72. The molecule has 1 aromatic carbocycles. The summed E-state index contributed by atoms with van der Waals surface area (Å²) in [5, 5.41) is 20.9. The maximum Gasteiger partial charge on any atom is 0.335 e. The molecule has 0 fully saturated rings. The first-order valence-corrected chi connectivity index (χ1v) is 5.66. The largest absolute Gasteiger partial charge is 0.480 e. The number of carboxylic acid groups (broad SMARTS) is 2. The fourth-order valence-corrected chi connectivity index (χ4v) is 2.03. The van der Waals surface area contributed by atoms with Gasteiger partial charge in [-0.2, -0.15) is 0 Å². The van der Waals surface area contributed by atoms with Crippen molar-refractivity contribution < 1.29 is 19.8 Å². The number of rotatable bonds is 3. The van der Waals surface area contributed by atoms with Gasteiger partial charge in [0.05, 0.1) is 16.9 Å². The Kier molecular flexibility index (Phi) is 3.36. The fraction of sp³-hybridized carbons (Fsp3) is 0.333. The number of nitrogens with zero attached hydrogens (tertiary/aromatic N) is 1. The molecular weight excluding hydrogens is 236 g/mol. The number of hydrogen-bond donors (Lipinski definition) is 3. The van der Waals surface area contributed by atoms with E-state index in [1.807, 2.05) is 0 Å². The molecule has 96 valence electrons. The third kappa shape index (κ3) is 2.53. The Morgan fingerprint density at radius 2 is 2.11 bits per heavy atom. The van der Waals surface area contributed by atoms with Crippen LogP contribution in [0, 0.1) is 0 Å². The van der Waals surface area contributed by atoms with Gasteiger partial charge in [-0.25, -0.2) is 4.79 Å². The van der Waals surface area contributed by atoms with Crippen molar-refractivity contribution in [3.05, 3.63) is 23.8 Å². The maximum absolute atomic E-state index is 10.9. The minimum Gasteiger partial charge on any atom is -0.480 e. The third-order valence-corrected chi connectivity index (χ3v) is 2.83. The summed E-state index contributed by atoms with van der Waals surface area (Å²) in [6, 6.07) is 4.68. The molecule has 6 nitrogen and oxygen atoms in total. The van der Waals surface area contributed by atoms with Crippen molar-refractivity contribution in [2.45, 2.75) is 6.42 Å². The predicted octanol–water partition coefficient (Wildman–Crippen LogP) is 1.09. The summed E-state index contributed by atoms with van der Waals surface area (Å²) in [5.74, 6) is -1.89. The second-order valence-electron chi connectivity index (χ2n) is 4.13. The SMILES string of the molecule is O=C(O)CN1CCCNc2cc(C(=O)O)ccc21. The molecule has 0 atom stereocenters. The highest BCUT2D eigenvalue weighted by Gasteiger charge is 2.18. The number of aliphatic carboxylic acids is 1. The minimum atomic E-state index is -0.992. The van der Waals surface area contributed by atoms with Crippen LogP contribution in [0.5, 0.6) is 0 Å². The zero-order valence-corrected chi connectivity index (χ0v) is 9.72. The highest BCUT2D eigenvalue weighted by Crippen LogP contribution is 2.29. The van der Waals surface area contributed by atoms with E-state index in [2.05, 4.69) is 5.32 Å². The van der Waals surface area contributed by atoms with Crippen molar-refractivity contribution in [3.63, 3.8) is 0 Å². The van der Waals surface area contributed by atoms with Crippen molar-refractivity contribution in [2.24, 2.45) is 0 Å². The van der Waals surface area contributed by atoms with Crippen molar-refractivity contribution in [1.29, 1.82) is 0 Å². The molecule has 0 spiro atoms. The van der Waals surface area contributed by atoms with Crippen molar-refractivity contribution in [1.82, 2.24) is 0 Å². The Hall–Kier alpha value is -2.24. The number of carboxylic acids is 2. The standard InChI is InChI=1S/C12H14N2O4/c15-11(16)7-14-5-1-4-13-9-6-8(12(17)18)2-3-10(9)14/h2-3,6,13H,1,4-5,7H2,(H,15,16)(H,17,18). The van der Waals surface area contributed by atoms with E-state index in [-0.39, 0.29) is 12.1 Å². The molecule has 3 N–H and O–H groups in total. The van der Waals surface area contributed by atoms with Gasteiger partial charge in [0.15, 0.2) is 0 Å². The summed E-state index contributed by atoms with van der Waals surface area (Å²) in [7, 11) is 0. The van der Waals surface area contributed by atoms with Crippen LogP contribution in [-0.4, -0.2) is 41.8 Å². The molecule has 1 heterocycles. The number of fused-ring (bicyclic) bond motifs is 1. The molecule has 0 aliphatic carbocycles.